The van der Waals surface area contributed by atoms with Crippen molar-refractivity contribution in [3.63, 3.8) is 0 Å². The summed E-state index contributed by atoms with van der Waals surface area (Å²) in [6.45, 7) is 2.19. The van der Waals surface area contributed by atoms with Crippen molar-refractivity contribution in [2.75, 3.05) is 0 Å². The maximum atomic E-state index is 3.70. The average molecular weight is 334 g/mol. The number of aryl methyl sites for hydroxylation is 1. The first-order valence-electron chi connectivity index (χ1n) is 4.51. The van der Waals surface area contributed by atoms with Gasteiger partial charge in [-0.05, 0) is 44.9 Å². The molecule has 0 saturated heterocycles. The van der Waals surface area contributed by atoms with Gasteiger partial charge < -0.3 is 0 Å². The second kappa shape index (κ2) is 4.33. The average Bonchev–Trinajstić information content (AvgIpc) is 2.62. The number of thiophene rings is 1. The fraction of sp³-hybridized carbons (Fsp3) is 0.273. The van der Waals surface area contributed by atoms with E-state index in [-0.39, 0.29) is 0 Å². The van der Waals surface area contributed by atoms with E-state index in [0.29, 0.717) is 0 Å². The molecule has 2 rings (SSSR count). The molecular weight excluding hydrogens is 324 g/mol. The molecule has 74 valence electrons. The summed E-state index contributed by atoms with van der Waals surface area (Å²) in [7, 11) is 0. The van der Waals surface area contributed by atoms with Crippen LogP contribution in [0.3, 0.4) is 0 Å². The van der Waals surface area contributed by atoms with Crippen LogP contribution in [-0.2, 0) is 11.8 Å². The number of halogens is 2. The molecule has 0 aliphatic heterocycles. The molecule has 0 unspecified atom stereocenters. The van der Waals surface area contributed by atoms with E-state index in [0.717, 1.165) is 11.8 Å². The molecule has 0 nitrogen and oxygen atoms in total. The second-order valence-electron chi connectivity index (χ2n) is 3.16. The van der Waals surface area contributed by atoms with Crippen molar-refractivity contribution in [3.05, 3.63) is 33.1 Å². The molecule has 1 aromatic carbocycles. The molecule has 0 bridgehead atoms. The maximum Gasteiger partial charge on any atom is 0.0357 e. The molecule has 0 atom stereocenters. The second-order valence-corrected chi connectivity index (χ2v) is 5.42. The summed E-state index contributed by atoms with van der Waals surface area (Å²) in [5, 5.41) is 4.54. The Morgan fingerprint density at radius 1 is 1.29 bits per heavy atom. The van der Waals surface area contributed by atoms with E-state index >= 15 is 0 Å². The first kappa shape index (κ1) is 10.7. The molecule has 0 aliphatic rings. The molecule has 0 N–H and O–H groups in total. The van der Waals surface area contributed by atoms with Crippen LogP contribution >= 0.6 is 43.2 Å². The molecule has 0 radical (unpaired) electrons. The van der Waals surface area contributed by atoms with Gasteiger partial charge in [0, 0.05) is 19.9 Å². The van der Waals surface area contributed by atoms with Crippen LogP contribution in [0.2, 0.25) is 0 Å². The van der Waals surface area contributed by atoms with E-state index in [2.05, 4.69) is 56.3 Å². The van der Waals surface area contributed by atoms with Crippen LogP contribution in [0.1, 0.15) is 18.1 Å². The summed E-state index contributed by atoms with van der Waals surface area (Å²) in [4.78, 5) is 0. The predicted molar refractivity (Wildman–Crippen MR) is 71.5 cm³/mol. The highest BCUT2D eigenvalue weighted by Crippen LogP contribution is 2.35. The maximum absolute atomic E-state index is 3.70. The van der Waals surface area contributed by atoms with Gasteiger partial charge in [-0.3, -0.25) is 0 Å². The smallest absolute Gasteiger partial charge is 0.0357 e. The lowest BCUT2D eigenvalue weighted by atomic mass is 10.1. The lowest BCUT2D eigenvalue weighted by Crippen LogP contribution is -1.84. The minimum Gasteiger partial charge on any atom is -0.143 e. The third-order valence-corrected chi connectivity index (χ3v) is 4.86. The van der Waals surface area contributed by atoms with Gasteiger partial charge in [0.05, 0.1) is 0 Å². The number of alkyl halides is 1. The van der Waals surface area contributed by atoms with Crippen LogP contribution in [0, 0.1) is 0 Å². The summed E-state index contributed by atoms with van der Waals surface area (Å²) in [5.74, 6) is 0. The fourth-order valence-electron chi connectivity index (χ4n) is 1.56. The highest BCUT2D eigenvalue weighted by molar-refractivity contribution is 9.10. The van der Waals surface area contributed by atoms with Gasteiger partial charge in [-0.2, -0.15) is 0 Å². The standard InChI is InChI=1S/C11H10Br2S/c1-2-7-3-4-9-10(11(7)13)8(5-12)6-14-9/h3-4,6H,2,5H2,1H3. The van der Waals surface area contributed by atoms with Gasteiger partial charge >= 0.3 is 0 Å². The van der Waals surface area contributed by atoms with Crippen LogP contribution in [0.4, 0.5) is 0 Å². The zero-order valence-corrected chi connectivity index (χ0v) is 11.8. The monoisotopic (exact) mass is 332 g/mol. The van der Waals surface area contributed by atoms with E-state index in [1.54, 1.807) is 0 Å². The summed E-state index contributed by atoms with van der Waals surface area (Å²) in [6.07, 6.45) is 1.08. The van der Waals surface area contributed by atoms with E-state index < -0.39 is 0 Å². The van der Waals surface area contributed by atoms with Crippen molar-refractivity contribution >= 4 is 53.3 Å². The lowest BCUT2D eigenvalue weighted by Gasteiger charge is -2.03. The molecule has 0 aliphatic carbocycles. The zero-order chi connectivity index (χ0) is 10.1. The van der Waals surface area contributed by atoms with Crippen molar-refractivity contribution in [1.29, 1.82) is 0 Å². The largest absolute Gasteiger partial charge is 0.143 e. The van der Waals surface area contributed by atoms with Gasteiger partial charge in [-0.25, -0.2) is 0 Å². The van der Waals surface area contributed by atoms with E-state index in [1.807, 2.05) is 11.3 Å². The van der Waals surface area contributed by atoms with Gasteiger partial charge in [0.15, 0.2) is 0 Å². The Kier molecular flexibility index (Phi) is 3.30. The lowest BCUT2D eigenvalue weighted by molar-refractivity contribution is 1.13. The van der Waals surface area contributed by atoms with E-state index in [1.165, 1.54) is 25.7 Å². The molecule has 0 spiro atoms. The first-order valence-corrected chi connectivity index (χ1v) is 7.30. The third-order valence-electron chi connectivity index (χ3n) is 2.36. The predicted octanol–water partition coefficient (Wildman–Crippen LogP) is 5.12. The summed E-state index contributed by atoms with van der Waals surface area (Å²) >= 11 is 9.03. The van der Waals surface area contributed by atoms with Crippen molar-refractivity contribution in [3.8, 4) is 0 Å². The zero-order valence-electron chi connectivity index (χ0n) is 7.81. The number of benzene rings is 1. The molecular formula is C11H10Br2S. The van der Waals surface area contributed by atoms with E-state index in [4.69, 9.17) is 0 Å². The number of rotatable bonds is 2. The molecule has 0 fully saturated rings. The van der Waals surface area contributed by atoms with E-state index in [9.17, 15) is 0 Å². The quantitative estimate of drug-likeness (QED) is 0.669. The topological polar surface area (TPSA) is 0 Å². The summed E-state index contributed by atoms with van der Waals surface area (Å²) in [6, 6.07) is 4.43. The SMILES string of the molecule is CCc1ccc2scc(CBr)c2c1Br. The normalized spacial score (nSPS) is 11.1. The minimum absolute atomic E-state index is 0.929. The van der Waals surface area contributed by atoms with Gasteiger partial charge in [0.25, 0.3) is 0 Å². The van der Waals surface area contributed by atoms with Crippen molar-refractivity contribution in [2.45, 2.75) is 18.7 Å². The molecule has 2 aromatic rings. The first-order chi connectivity index (χ1) is 6.77. The highest BCUT2D eigenvalue weighted by atomic mass is 79.9. The number of fused-ring (bicyclic) bond motifs is 1. The Bertz CT molecular complexity index is 460. The Balaban J connectivity index is 2.77. The Morgan fingerprint density at radius 3 is 2.71 bits per heavy atom. The fourth-order valence-corrected chi connectivity index (χ4v) is 4.20. The summed E-state index contributed by atoms with van der Waals surface area (Å²) in [5.41, 5.74) is 2.77. The van der Waals surface area contributed by atoms with Crippen molar-refractivity contribution in [1.82, 2.24) is 0 Å². The molecule has 0 amide bonds. The third kappa shape index (κ3) is 1.66. The molecule has 3 heteroatoms. The van der Waals surface area contributed by atoms with Crippen LogP contribution < -0.4 is 0 Å². The Labute approximate surface area is 105 Å². The highest BCUT2D eigenvalue weighted by Gasteiger charge is 2.09. The molecule has 1 heterocycles. The van der Waals surface area contributed by atoms with Gasteiger partial charge in [-0.1, -0.05) is 28.9 Å². The number of hydrogen-bond acceptors (Lipinski definition) is 1. The van der Waals surface area contributed by atoms with Crippen molar-refractivity contribution in [2.24, 2.45) is 0 Å². The molecule has 0 saturated carbocycles. The van der Waals surface area contributed by atoms with Gasteiger partial charge in [0.2, 0.25) is 0 Å². The summed E-state index contributed by atoms with van der Waals surface area (Å²) < 4.78 is 2.64. The Hall–Kier alpha value is 0.140. The van der Waals surface area contributed by atoms with Crippen molar-refractivity contribution < 1.29 is 0 Å². The Morgan fingerprint density at radius 2 is 2.07 bits per heavy atom. The van der Waals surface area contributed by atoms with Gasteiger partial charge in [-0.15, -0.1) is 11.3 Å². The van der Waals surface area contributed by atoms with Crippen LogP contribution in [0.25, 0.3) is 10.1 Å². The van der Waals surface area contributed by atoms with Crippen LogP contribution in [0.5, 0.6) is 0 Å². The molecule has 14 heavy (non-hydrogen) atoms. The minimum atomic E-state index is 0.929. The van der Waals surface area contributed by atoms with Crippen LogP contribution in [0.15, 0.2) is 22.0 Å². The molecule has 1 aromatic heterocycles. The number of hydrogen-bond donors (Lipinski definition) is 0. The van der Waals surface area contributed by atoms with Crippen LogP contribution in [-0.4, -0.2) is 0 Å². The van der Waals surface area contributed by atoms with Gasteiger partial charge in [0.1, 0.15) is 0 Å².